The monoisotopic (exact) mass is 304 g/mol. The highest BCUT2D eigenvalue weighted by Gasteiger charge is 2.04. The summed E-state index contributed by atoms with van der Waals surface area (Å²) in [6, 6.07) is 15.0. The van der Waals surface area contributed by atoms with Gasteiger partial charge in [-0.05, 0) is 39.7 Å². The van der Waals surface area contributed by atoms with Crippen LogP contribution in [0.2, 0.25) is 0 Å². The molecule has 0 saturated carbocycles. The average molecular weight is 305 g/mol. The molecule has 2 aromatic carbocycles. The quantitative estimate of drug-likeness (QED) is 0.856. The van der Waals surface area contributed by atoms with Crippen molar-refractivity contribution in [3.63, 3.8) is 0 Å². The molecule has 0 fully saturated rings. The van der Waals surface area contributed by atoms with E-state index in [-0.39, 0.29) is 5.91 Å². The smallest absolute Gasteiger partial charge is 0.228 e. The summed E-state index contributed by atoms with van der Waals surface area (Å²) in [5, 5.41) is 2.82. The van der Waals surface area contributed by atoms with Gasteiger partial charge in [-0.2, -0.15) is 0 Å². The van der Waals surface area contributed by atoms with Crippen LogP contribution in [0.25, 0.3) is 0 Å². The Labute approximate surface area is 114 Å². The summed E-state index contributed by atoms with van der Waals surface area (Å²) in [6.07, 6.45) is 0.358. The van der Waals surface area contributed by atoms with Gasteiger partial charge in [0.15, 0.2) is 0 Å². The van der Waals surface area contributed by atoms with Crippen LogP contribution in [0.1, 0.15) is 5.56 Å². The third kappa shape index (κ3) is 3.34. The molecule has 3 nitrogen and oxygen atoms in total. The topological polar surface area (TPSA) is 55.1 Å². The van der Waals surface area contributed by atoms with E-state index in [0.29, 0.717) is 17.8 Å². The van der Waals surface area contributed by atoms with Crippen molar-refractivity contribution in [2.45, 2.75) is 6.42 Å². The molecule has 4 heteroatoms. The molecule has 0 aliphatic heterocycles. The van der Waals surface area contributed by atoms with Crippen LogP contribution in [0.5, 0.6) is 0 Å². The summed E-state index contributed by atoms with van der Waals surface area (Å²) in [5.74, 6) is -0.0528. The number of benzene rings is 2. The zero-order valence-electron chi connectivity index (χ0n) is 9.69. The maximum Gasteiger partial charge on any atom is 0.228 e. The van der Waals surface area contributed by atoms with Crippen LogP contribution in [0.4, 0.5) is 11.4 Å². The van der Waals surface area contributed by atoms with Crippen molar-refractivity contribution < 1.29 is 4.79 Å². The fourth-order valence-corrected chi connectivity index (χ4v) is 1.85. The van der Waals surface area contributed by atoms with Crippen LogP contribution < -0.4 is 11.1 Å². The van der Waals surface area contributed by atoms with Crippen molar-refractivity contribution in [3.8, 4) is 0 Å². The Bertz CT molecular complexity index is 555. The highest BCUT2D eigenvalue weighted by Crippen LogP contribution is 2.22. The standard InChI is InChI=1S/C14H13BrN2O/c15-12-7-6-11(9-13(12)16)17-14(18)8-10-4-2-1-3-5-10/h1-7,9H,8,16H2,(H,17,18). The minimum Gasteiger partial charge on any atom is -0.398 e. The van der Waals surface area contributed by atoms with Gasteiger partial charge in [-0.1, -0.05) is 30.3 Å². The summed E-state index contributed by atoms with van der Waals surface area (Å²) in [7, 11) is 0. The van der Waals surface area contributed by atoms with E-state index < -0.39 is 0 Å². The van der Waals surface area contributed by atoms with E-state index in [2.05, 4.69) is 21.2 Å². The van der Waals surface area contributed by atoms with Crippen LogP contribution in [0.3, 0.4) is 0 Å². The minimum absolute atomic E-state index is 0.0528. The number of amides is 1. The van der Waals surface area contributed by atoms with Gasteiger partial charge in [-0.3, -0.25) is 4.79 Å². The van der Waals surface area contributed by atoms with Gasteiger partial charge < -0.3 is 11.1 Å². The predicted octanol–water partition coefficient (Wildman–Crippen LogP) is 3.21. The van der Waals surface area contributed by atoms with Gasteiger partial charge in [-0.15, -0.1) is 0 Å². The number of halogens is 1. The van der Waals surface area contributed by atoms with Crippen molar-refractivity contribution in [2.24, 2.45) is 0 Å². The van der Waals surface area contributed by atoms with Crippen molar-refractivity contribution in [1.82, 2.24) is 0 Å². The van der Waals surface area contributed by atoms with E-state index in [9.17, 15) is 4.79 Å². The Morgan fingerprint density at radius 1 is 1.17 bits per heavy atom. The number of nitrogen functional groups attached to an aromatic ring is 1. The van der Waals surface area contributed by atoms with Crippen molar-refractivity contribution >= 4 is 33.2 Å². The molecular weight excluding hydrogens is 292 g/mol. The maximum atomic E-state index is 11.8. The number of nitrogens with one attached hydrogen (secondary N) is 1. The number of hydrogen-bond donors (Lipinski definition) is 2. The largest absolute Gasteiger partial charge is 0.398 e. The van der Waals surface area contributed by atoms with Crippen LogP contribution >= 0.6 is 15.9 Å². The molecule has 0 unspecified atom stereocenters. The van der Waals surface area contributed by atoms with Gasteiger partial charge in [0, 0.05) is 15.8 Å². The Balaban J connectivity index is 2.01. The average Bonchev–Trinajstić information content (AvgIpc) is 2.35. The fourth-order valence-electron chi connectivity index (χ4n) is 1.61. The predicted molar refractivity (Wildman–Crippen MR) is 77.3 cm³/mol. The molecule has 0 bridgehead atoms. The number of anilines is 2. The second-order valence-electron chi connectivity index (χ2n) is 3.95. The fraction of sp³-hybridized carbons (Fsp3) is 0.0714. The van der Waals surface area contributed by atoms with Gasteiger partial charge in [0.1, 0.15) is 0 Å². The van der Waals surface area contributed by atoms with E-state index in [0.717, 1.165) is 10.0 Å². The van der Waals surface area contributed by atoms with Crippen LogP contribution in [0, 0.1) is 0 Å². The van der Waals surface area contributed by atoms with Gasteiger partial charge >= 0.3 is 0 Å². The molecule has 92 valence electrons. The first-order chi connectivity index (χ1) is 8.65. The van der Waals surface area contributed by atoms with Crippen molar-refractivity contribution in [1.29, 1.82) is 0 Å². The molecule has 2 aromatic rings. The molecular formula is C14H13BrN2O. The SMILES string of the molecule is Nc1cc(NC(=O)Cc2ccccc2)ccc1Br. The molecule has 3 N–H and O–H groups in total. The molecule has 0 heterocycles. The molecule has 2 rings (SSSR count). The Morgan fingerprint density at radius 2 is 1.89 bits per heavy atom. The van der Waals surface area contributed by atoms with Gasteiger partial charge in [0.2, 0.25) is 5.91 Å². The highest BCUT2D eigenvalue weighted by atomic mass is 79.9. The third-order valence-corrected chi connectivity index (χ3v) is 3.21. The number of carbonyl (C=O) groups excluding carboxylic acids is 1. The lowest BCUT2D eigenvalue weighted by Gasteiger charge is -2.07. The molecule has 0 radical (unpaired) electrons. The normalized spacial score (nSPS) is 10.1. The lowest BCUT2D eigenvalue weighted by atomic mass is 10.1. The van der Waals surface area contributed by atoms with Gasteiger partial charge in [-0.25, -0.2) is 0 Å². The lowest BCUT2D eigenvalue weighted by molar-refractivity contribution is -0.115. The molecule has 0 aliphatic carbocycles. The van der Waals surface area contributed by atoms with E-state index in [1.807, 2.05) is 42.5 Å². The summed E-state index contributed by atoms with van der Waals surface area (Å²) in [4.78, 5) is 11.8. The van der Waals surface area contributed by atoms with E-state index in [1.165, 1.54) is 0 Å². The van der Waals surface area contributed by atoms with E-state index >= 15 is 0 Å². The Morgan fingerprint density at radius 3 is 2.56 bits per heavy atom. The number of carbonyl (C=O) groups is 1. The second-order valence-corrected chi connectivity index (χ2v) is 4.80. The summed E-state index contributed by atoms with van der Waals surface area (Å²) in [5.41, 5.74) is 8.05. The zero-order valence-corrected chi connectivity index (χ0v) is 11.3. The molecule has 0 atom stereocenters. The number of nitrogens with two attached hydrogens (primary N) is 1. The third-order valence-electron chi connectivity index (χ3n) is 2.49. The van der Waals surface area contributed by atoms with Crippen LogP contribution in [-0.2, 0) is 11.2 Å². The Kier molecular flexibility index (Phi) is 3.99. The first-order valence-corrected chi connectivity index (χ1v) is 6.33. The van der Waals surface area contributed by atoms with E-state index in [1.54, 1.807) is 6.07 Å². The molecule has 0 saturated heterocycles. The van der Waals surface area contributed by atoms with Gasteiger partial charge in [0.25, 0.3) is 0 Å². The first kappa shape index (κ1) is 12.6. The number of rotatable bonds is 3. The molecule has 18 heavy (non-hydrogen) atoms. The molecule has 0 aliphatic rings. The first-order valence-electron chi connectivity index (χ1n) is 5.54. The van der Waals surface area contributed by atoms with Crippen molar-refractivity contribution in [3.05, 3.63) is 58.6 Å². The van der Waals surface area contributed by atoms with Crippen LogP contribution in [0.15, 0.2) is 53.0 Å². The van der Waals surface area contributed by atoms with E-state index in [4.69, 9.17) is 5.73 Å². The summed E-state index contributed by atoms with van der Waals surface area (Å²) >= 11 is 3.31. The van der Waals surface area contributed by atoms with Crippen molar-refractivity contribution in [2.75, 3.05) is 11.1 Å². The van der Waals surface area contributed by atoms with Gasteiger partial charge in [0.05, 0.1) is 6.42 Å². The molecule has 0 aromatic heterocycles. The van der Waals surface area contributed by atoms with Crippen LogP contribution in [-0.4, -0.2) is 5.91 Å². The Hall–Kier alpha value is -1.81. The number of hydrogen-bond acceptors (Lipinski definition) is 2. The molecule has 1 amide bonds. The maximum absolute atomic E-state index is 11.8. The summed E-state index contributed by atoms with van der Waals surface area (Å²) < 4.78 is 0.823. The lowest BCUT2D eigenvalue weighted by Crippen LogP contribution is -2.14. The second kappa shape index (κ2) is 5.69. The molecule has 0 spiro atoms. The highest BCUT2D eigenvalue weighted by molar-refractivity contribution is 9.10. The zero-order chi connectivity index (χ0) is 13.0. The summed E-state index contributed by atoms with van der Waals surface area (Å²) in [6.45, 7) is 0. The minimum atomic E-state index is -0.0528.